The summed E-state index contributed by atoms with van der Waals surface area (Å²) in [7, 11) is 0. The molecular weight excluding hydrogens is 1570 g/mol. The minimum atomic E-state index is -2.61. The van der Waals surface area contributed by atoms with Crippen LogP contribution in [0.1, 0.15) is 197 Å². The van der Waals surface area contributed by atoms with E-state index in [4.69, 9.17) is 43.6 Å². The molecule has 1 aliphatic heterocycles. The summed E-state index contributed by atoms with van der Waals surface area (Å²) in [4.78, 5) is 156. The molecule has 4 aromatic rings. The average molecular weight is 1680 g/mol. The number of esters is 4. The average Bonchev–Trinajstić information content (AvgIpc) is 0.797. The summed E-state index contributed by atoms with van der Waals surface area (Å²) in [5.41, 5.74) is -1.38. The quantitative estimate of drug-likeness (QED) is 0.0105. The maximum Gasteiger partial charge on any atom is 0.508 e. The molecule has 1 saturated heterocycles. The fourth-order valence-electron chi connectivity index (χ4n) is 20.1. The molecule has 7 aliphatic carbocycles. The Morgan fingerprint density at radius 2 is 1.44 bits per heavy atom. The number of carbonyl (C=O) groups excluding carboxylic acids is 11. The van der Waals surface area contributed by atoms with E-state index in [0.29, 0.717) is 46.8 Å². The van der Waals surface area contributed by atoms with E-state index in [1.165, 1.54) is 95.6 Å². The highest BCUT2D eigenvalue weighted by Crippen LogP contribution is 2.66. The minimum absolute atomic E-state index is 0.0363. The lowest BCUT2D eigenvalue weighted by molar-refractivity contribution is -0.346. The minimum Gasteiger partial charge on any atom is -0.456 e. The van der Waals surface area contributed by atoms with Crippen molar-refractivity contribution in [3.8, 4) is 0 Å². The number of urea groups is 1. The van der Waals surface area contributed by atoms with E-state index in [2.05, 4.69) is 53.8 Å². The lowest BCUT2D eigenvalue weighted by atomic mass is 9.44. The van der Waals surface area contributed by atoms with E-state index in [-0.39, 0.29) is 71.7 Å². The number of aliphatic hydroxyl groups is 4. The van der Waals surface area contributed by atoms with Gasteiger partial charge in [0, 0.05) is 68.7 Å². The van der Waals surface area contributed by atoms with Crippen LogP contribution < -0.4 is 27.0 Å². The van der Waals surface area contributed by atoms with Crippen molar-refractivity contribution in [3.63, 3.8) is 0 Å². The maximum atomic E-state index is 16.7. The molecule has 0 radical (unpaired) electrons. The van der Waals surface area contributed by atoms with Gasteiger partial charge in [-0.3, -0.25) is 28.8 Å². The molecule has 10 N–H and O–H groups in total. The molecule has 122 heavy (non-hydrogen) atoms. The van der Waals surface area contributed by atoms with Gasteiger partial charge in [0.25, 0.3) is 5.91 Å². The zero-order valence-electron chi connectivity index (χ0n) is 70.9. The number of alkyl carbamates (subject to hydrolysis) is 1. The Hall–Kier alpha value is -10.7. The van der Waals surface area contributed by atoms with Crippen LogP contribution in [0.25, 0.3) is 0 Å². The molecular formula is C94H115N5O23. The second-order valence-corrected chi connectivity index (χ2v) is 35.8. The van der Waals surface area contributed by atoms with Gasteiger partial charge in [-0.05, 0) is 191 Å². The molecule has 1 heterocycles. The molecule has 0 aromatic heterocycles. The Kier molecular flexibility index (Phi) is 27.6. The first-order valence-corrected chi connectivity index (χ1v) is 42.2. The van der Waals surface area contributed by atoms with E-state index < -0.39 is 186 Å². The number of amides is 5. The maximum absolute atomic E-state index is 16.7. The van der Waals surface area contributed by atoms with Gasteiger partial charge >= 0.3 is 42.2 Å². The first-order valence-electron chi connectivity index (χ1n) is 42.2. The standard InChI is InChI=1S/C94H115N5O23/c1-52(31-42-69(103)59-35-36-59)67-40-41-68-58(29-21-43-91(67,68)10)34-37-63-45-66(102)47-70(53(63)2)119-87(112)99-90(8,9)72(104)46-64(30-22-44-96-86(95)111)83(108)97-65-38-32-57(33-39-65)50-115-88(113)120-73-48-74-93(51-116-74,122-56(5)101)79-81(121-84(109)62-27-19-14-20-28-62)94(114)49-71(54(3)75(89(94,6)7)78(117-55(4)100)80(106)92(73,79)11)118-85(110)77(105)76(60-23-15-12-16-24-60)98-82(107)61-25-17-13-18-26-61/h12-20,23-28,31-34,37-39,42,52,59,64,66-71,73-74,76-79,81,102-103,105,114H,2,21-22,29-30,35-36,40-41,43-51H2,1,3-11H3,(H,97,108)(H,98,107)(H,99,112)(H3,95,96,111)/b42-31+,58-34+,63-37-/t52-,64?,66+,67?,68?,69?,70-,71?,73?,74?,76?,77?,78?,79?,81?,91+,92?,93?,94?/m0/s1. The molecule has 15 unspecified atom stereocenters. The summed E-state index contributed by atoms with van der Waals surface area (Å²) in [5, 5.41) is 59.0. The number of nitrogens with two attached hydrogens (primary N) is 1. The van der Waals surface area contributed by atoms with E-state index in [0.717, 1.165) is 64.4 Å². The smallest absolute Gasteiger partial charge is 0.456 e. The number of benzene rings is 4. The SMILES string of the molecule is C=C1/C(=C\C=C2/CCC[C@@]3(C)C2CCC3[C@@H](C)/C=C/C(O)C2CC2)C[C@@H](O)C[C@@H]1OC(=O)NC(C)(C)C(=O)CC(CCCNC(N)=O)C(=O)Nc1ccc(COC(=O)OC2CC3OCC3(OC(C)=O)C3C(OC(=O)c4ccccc4)C4(O)CC(OC(=O)C(O)C(NC(=O)c5ccccc5)c5ccccc5)C(C)=C(C(OC(C)=O)C(=O)C23C)C4(C)C)cc1. The Bertz CT molecular complexity index is 4750. The Labute approximate surface area is 710 Å². The molecule has 28 heteroatoms. The fourth-order valence-corrected chi connectivity index (χ4v) is 20.1. The topological polar surface area (TPSA) is 417 Å². The normalized spacial score (nSPS) is 29.7. The predicted octanol–water partition coefficient (Wildman–Crippen LogP) is 11.7. The van der Waals surface area contributed by atoms with Crippen LogP contribution in [-0.2, 0) is 73.3 Å². The van der Waals surface area contributed by atoms with E-state index in [1.54, 1.807) is 66.7 Å². The number of fused-ring (bicyclic) bond motifs is 6. The third kappa shape index (κ3) is 19.2. The van der Waals surface area contributed by atoms with Crippen LogP contribution in [0.15, 0.2) is 174 Å². The van der Waals surface area contributed by atoms with Crippen LogP contribution in [0.4, 0.5) is 20.1 Å². The summed E-state index contributed by atoms with van der Waals surface area (Å²) in [6.07, 6.45) is -0.368. The number of hydrogen-bond donors (Lipinski definition) is 9. The third-order valence-corrected chi connectivity index (χ3v) is 27.1. The third-order valence-electron chi connectivity index (χ3n) is 27.1. The number of anilines is 1. The lowest BCUT2D eigenvalue weighted by Gasteiger charge is -2.67. The van der Waals surface area contributed by atoms with E-state index >= 15 is 4.79 Å². The van der Waals surface area contributed by atoms with Crippen LogP contribution in [0.5, 0.6) is 0 Å². The van der Waals surface area contributed by atoms with Gasteiger partial charge in [-0.2, -0.15) is 0 Å². The van der Waals surface area contributed by atoms with Gasteiger partial charge in [0.15, 0.2) is 29.4 Å². The summed E-state index contributed by atoms with van der Waals surface area (Å²) < 4.78 is 49.4. The van der Waals surface area contributed by atoms with Crippen LogP contribution in [0.3, 0.4) is 0 Å². The van der Waals surface area contributed by atoms with Crippen molar-refractivity contribution in [2.24, 2.45) is 57.5 Å². The highest BCUT2D eigenvalue weighted by molar-refractivity contribution is 5.99. The van der Waals surface area contributed by atoms with Crippen molar-refractivity contribution < 1.29 is 111 Å². The number of primary amides is 1. The van der Waals surface area contributed by atoms with Gasteiger partial charge in [0.2, 0.25) is 5.91 Å². The Morgan fingerprint density at radius 3 is 2.07 bits per heavy atom. The van der Waals surface area contributed by atoms with Crippen molar-refractivity contribution in [3.05, 3.63) is 196 Å². The number of carbonyl (C=O) groups is 11. The number of allylic oxidation sites excluding steroid dienone is 4. The largest absolute Gasteiger partial charge is 0.508 e. The molecule has 5 amide bonds. The van der Waals surface area contributed by atoms with Gasteiger partial charge in [0.05, 0.1) is 47.3 Å². The van der Waals surface area contributed by atoms with Crippen LogP contribution >= 0.6 is 0 Å². The zero-order valence-corrected chi connectivity index (χ0v) is 70.9. The van der Waals surface area contributed by atoms with Crippen molar-refractivity contribution >= 4 is 71.2 Å². The number of aliphatic hydroxyl groups excluding tert-OH is 3. The second-order valence-electron chi connectivity index (χ2n) is 35.8. The molecule has 8 aliphatic rings. The first kappa shape index (κ1) is 90.6. The van der Waals surface area contributed by atoms with Gasteiger partial charge in [-0.15, -0.1) is 0 Å². The number of hydrogen-bond acceptors (Lipinski definition) is 23. The number of ether oxygens (including phenoxy) is 8. The number of ketones is 2. The molecule has 4 aromatic carbocycles. The van der Waals surface area contributed by atoms with Gasteiger partial charge in [-0.25, -0.2) is 24.0 Å². The molecule has 654 valence electrons. The fraction of sp³-hybridized carbons (Fsp3) is 0.521. The van der Waals surface area contributed by atoms with Crippen molar-refractivity contribution in [1.29, 1.82) is 0 Å². The van der Waals surface area contributed by atoms with Crippen molar-refractivity contribution in [2.45, 2.75) is 243 Å². The highest BCUT2D eigenvalue weighted by Gasteiger charge is 2.79. The molecule has 28 nitrogen and oxygen atoms in total. The number of nitrogens with one attached hydrogen (secondary N) is 4. The predicted molar refractivity (Wildman–Crippen MR) is 445 cm³/mol. The lowest BCUT2D eigenvalue weighted by Crippen LogP contribution is -2.82. The summed E-state index contributed by atoms with van der Waals surface area (Å²) in [6.45, 7) is 19.0. The van der Waals surface area contributed by atoms with Crippen molar-refractivity contribution in [2.75, 3.05) is 18.5 Å². The first-order chi connectivity index (χ1) is 57.8. The number of rotatable bonds is 29. The van der Waals surface area contributed by atoms with Crippen LogP contribution in [0, 0.1) is 51.8 Å². The van der Waals surface area contributed by atoms with Crippen molar-refractivity contribution in [1.82, 2.24) is 16.0 Å². The van der Waals surface area contributed by atoms with Gasteiger partial charge in [-0.1, -0.05) is 143 Å². The van der Waals surface area contributed by atoms with E-state index in [1.807, 2.05) is 12.2 Å². The summed E-state index contributed by atoms with van der Waals surface area (Å²) >= 11 is 0. The van der Waals surface area contributed by atoms with Gasteiger partial charge in [0.1, 0.15) is 42.7 Å². The Balaban J connectivity index is 0.744. The molecule has 6 saturated carbocycles. The van der Waals surface area contributed by atoms with Crippen LogP contribution in [0.2, 0.25) is 0 Å². The summed E-state index contributed by atoms with van der Waals surface area (Å²) in [5.74, 6) is -8.37. The van der Waals surface area contributed by atoms with Gasteiger partial charge < -0.3 is 85.3 Å². The monoisotopic (exact) mass is 1680 g/mol. The summed E-state index contributed by atoms with van der Waals surface area (Å²) in [6, 6.07) is 27.6. The number of Topliss-reactive ketones (excluding diaryl/α,β-unsaturated/α-hetero) is 2. The molecule has 2 bridgehead atoms. The molecule has 0 spiro atoms. The molecule has 12 rings (SSSR count). The zero-order chi connectivity index (χ0) is 88.1. The molecule has 19 atom stereocenters. The highest BCUT2D eigenvalue weighted by atomic mass is 16.7. The molecule has 7 fully saturated rings. The second kappa shape index (κ2) is 37.2. The van der Waals surface area contributed by atoms with Crippen LogP contribution in [-0.4, -0.2) is 171 Å². The van der Waals surface area contributed by atoms with E-state index in [9.17, 15) is 68.4 Å². The Morgan fingerprint density at radius 1 is 0.779 bits per heavy atom.